The number of nitrogens with two attached hydrogens (primary N) is 1. The first-order valence-electron chi connectivity index (χ1n) is 8.58. The fraction of sp³-hybridized carbons (Fsp3) is 0.300. The second-order valence-electron chi connectivity index (χ2n) is 6.46. The lowest BCUT2D eigenvalue weighted by molar-refractivity contribution is 0.242. The predicted molar refractivity (Wildman–Crippen MR) is 96.4 cm³/mol. The Bertz CT molecular complexity index is 818. The lowest BCUT2D eigenvalue weighted by atomic mass is 9.80. The van der Waals surface area contributed by atoms with E-state index in [1.807, 2.05) is 30.5 Å². The molecule has 0 aliphatic carbocycles. The number of hydrogen-bond donors (Lipinski definition) is 2. The lowest BCUT2D eigenvalue weighted by Gasteiger charge is -2.36. The third-order valence-corrected chi connectivity index (χ3v) is 4.94. The molecule has 4 nitrogen and oxygen atoms in total. The smallest absolute Gasteiger partial charge is 0.0890 e. The van der Waals surface area contributed by atoms with Crippen LogP contribution in [-0.2, 0) is 0 Å². The van der Waals surface area contributed by atoms with Gasteiger partial charge in [0.1, 0.15) is 0 Å². The first kappa shape index (κ1) is 15.2. The van der Waals surface area contributed by atoms with Crippen molar-refractivity contribution in [2.24, 2.45) is 11.7 Å². The highest BCUT2D eigenvalue weighted by Crippen LogP contribution is 2.36. The standard InChI is InChI=1S/C20H22N4/c21-19(18-13-23-16-10-4-5-11-17(16)24-18)15-9-6-12-22-20(15)14-7-2-1-3-8-14/h1-5,7-8,10-11,13,15,19-20,22H,6,9,12,21H2. The van der Waals surface area contributed by atoms with Crippen LogP contribution in [0.3, 0.4) is 0 Å². The number of rotatable bonds is 3. The van der Waals surface area contributed by atoms with Crippen molar-refractivity contribution >= 4 is 11.0 Å². The molecule has 0 amide bonds. The predicted octanol–water partition coefficient (Wildman–Crippen LogP) is 3.37. The van der Waals surface area contributed by atoms with Gasteiger partial charge in [-0.2, -0.15) is 0 Å². The van der Waals surface area contributed by atoms with Gasteiger partial charge in [-0.25, -0.2) is 4.98 Å². The fourth-order valence-corrected chi connectivity index (χ4v) is 3.68. The van der Waals surface area contributed by atoms with Gasteiger partial charge in [0.25, 0.3) is 0 Å². The topological polar surface area (TPSA) is 63.8 Å². The van der Waals surface area contributed by atoms with Gasteiger partial charge in [-0.3, -0.25) is 4.98 Å². The van der Waals surface area contributed by atoms with Gasteiger partial charge in [0.15, 0.2) is 0 Å². The number of fused-ring (bicyclic) bond motifs is 1. The summed E-state index contributed by atoms with van der Waals surface area (Å²) in [6, 6.07) is 18.7. The average molecular weight is 318 g/mol. The molecule has 1 saturated heterocycles. The highest BCUT2D eigenvalue weighted by atomic mass is 15.0. The SMILES string of the molecule is NC(c1cnc2ccccc2n1)C1CCCNC1c1ccccc1. The van der Waals surface area contributed by atoms with Crippen LogP contribution in [0.5, 0.6) is 0 Å². The van der Waals surface area contributed by atoms with Gasteiger partial charge in [-0.05, 0) is 43.0 Å². The quantitative estimate of drug-likeness (QED) is 0.777. The monoisotopic (exact) mass is 318 g/mol. The van der Waals surface area contributed by atoms with Crippen molar-refractivity contribution in [3.05, 3.63) is 72.1 Å². The third-order valence-electron chi connectivity index (χ3n) is 4.94. The van der Waals surface area contributed by atoms with Crippen LogP contribution < -0.4 is 11.1 Å². The number of aromatic nitrogens is 2. The Balaban J connectivity index is 1.66. The van der Waals surface area contributed by atoms with Crippen LogP contribution in [0.15, 0.2) is 60.8 Å². The maximum absolute atomic E-state index is 6.65. The van der Waals surface area contributed by atoms with E-state index in [2.05, 4.69) is 40.6 Å². The van der Waals surface area contributed by atoms with E-state index >= 15 is 0 Å². The number of benzene rings is 2. The molecule has 0 radical (unpaired) electrons. The molecule has 1 aliphatic rings. The van der Waals surface area contributed by atoms with E-state index in [0.29, 0.717) is 5.92 Å². The molecule has 122 valence electrons. The second kappa shape index (κ2) is 6.67. The van der Waals surface area contributed by atoms with E-state index in [9.17, 15) is 0 Å². The van der Waals surface area contributed by atoms with Gasteiger partial charge >= 0.3 is 0 Å². The van der Waals surface area contributed by atoms with Crippen molar-refractivity contribution in [2.75, 3.05) is 6.54 Å². The Kier molecular flexibility index (Phi) is 4.24. The number of para-hydroxylation sites is 2. The van der Waals surface area contributed by atoms with Gasteiger partial charge in [0, 0.05) is 6.04 Å². The Morgan fingerprint density at radius 3 is 2.58 bits per heavy atom. The van der Waals surface area contributed by atoms with Crippen LogP contribution in [0.2, 0.25) is 0 Å². The molecule has 4 heteroatoms. The van der Waals surface area contributed by atoms with Crippen molar-refractivity contribution in [1.82, 2.24) is 15.3 Å². The van der Waals surface area contributed by atoms with Crippen molar-refractivity contribution in [1.29, 1.82) is 0 Å². The summed E-state index contributed by atoms with van der Waals surface area (Å²) in [4.78, 5) is 9.30. The first-order valence-corrected chi connectivity index (χ1v) is 8.58. The van der Waals surface area contributed by atoms with E-state index in [4.69, 9.17) is 10.7 Å². The largest absolute Gasteiger partial charge is 0.322 e. The summed E-state index contributed by atoms with van der Waals surface area (Å²) >= 11 is 0. The molecule has 4 rings (SSSR count). The van der Waals surface area contributed by atoms with E-state index in [0.717, 1.165) is 36.1 Å². The molecule has 1 fully saturated rings. The summed E-state index contributed by atoms with van der Waals surface area (Å²) < 4.78 is 0. The highest BCUT2D eigenvalue weighted by molar-refractivity contribution is 5.73. The van der Waals surface area contributed by atoms with Gasteiger partial charge in [0.2, 0.25) is 0 Å². The molecular weight excluding hydrogens is 296 g/mol. The molecule has 3 aromatic rings. The number of nitrogens with zero attached hydrogens (tertiary/aromatic N) is 2. The summed E-state index contributed by atoms with van der Waals surface area (Å²) in [7, 11) is 0. The van der Waals surface area contributed by atoms with Crippen LogP contribution >= 0.6 is 0 Å². The molecule has 3 atom stereocenters. The summed E-state index contributed by atoms with van der Waals surface area (Å²) in [5.74, 6) is 0.316. The molecule has 0 bridgehead atoms. The number of hydrogen-bond acceptors (Lipinski definition) is 4. The van der Waals surface area contributed by atoms with Crippen molar-refractivity contribution < 1.29 is 0 Å². The molecule has 0 spiro atoms. The Morgan fingerprint density at radius 1 is 1.00 bits per heavy atom. The third kappa shape index (κ3) is 2.90. The molecule has 24 heavy (non-hydrogen) atoms. The van der Waals surface area contributed by atoms with Crippen LogP contribution in [0, 0.1) is 5.92 Å². The average Bonchev–Trinajstić information content (AvgIpc) is 2.68. The van der Waals surface area contributed by atoms with Gasteiger partial charge in [-0.15, -0.1) is 0 Å². The maximum atomic E-state index is 6.65. The molecular formula is C20H22N4. The summed E-state index contributed by atoms with van der Waals surface area (Å²) in [5.41, 5.74) is 10.6. The Hall–Kier alpha value is -2.30. The second-order valence-corrected chi connectivity index (χ2v) is 6.46. The molecule has 2 aromatic carbocycles. The molecule has 1 aromatic heterocycles. The first-order chi connectivity index (χ1) is 11.8. The summed E-state index contributed by atoms with van der Waals surface area (Å²) in [6.07, 6.45) is 4.08. The van der Waals surface area contributed by atoms with E-state index in [1.54, 1.807) is 0 Å². The summed E-state index contributed by atoms with van der Waals surface area (Å²) in [6.45, 7) is 1.03. The molecule has 0 saturated carbocycles. The van der Waals surface area contributed by atoms with Gasteiger partial charge in [-0.1, -0.05) is 42.5 Å². The molecule has 3 N–H and O–H groups in total. The number of piperidine rings is 1. The van der Waals surface area contributed by atoms with Crippen LogP contribution in [0.4, 0.5) is 0 Å². The zero-order valence-corrected chi connectivity index (χ0v) is 13.6. The minimum atomic E-state index is -0.125. The lowest BCUT2D eigenvalue weighted by Crippen LogP contribution is -2.40. The number of nitrogens with one attached hydrogen (secondary N) is 1. The molecule has 1 aliphatic heterocycles. The zero-order chi connectivity index (χ0) is 16.4. The fourth-order valence-electron chi connectivity index (χ4n) is 3.68. The van der Waals surface area contributed by atoms with Crippen molar-refractivity contribution in [3.8, 4) is 0 Å². The Labute approximate surface area is 142 Å². The summed E-state index contributed by atoms with van der Waals surface area (Å²) in [5, 5.41) is 3.65. The van der Waals surface area contributed by atoms with Crippen LogP contribution in [0.25, 0.3) is 11.0 Å². The van der Waals surface area contributed by atoms with Gasteiger partial charge < -0.3 is 11.1 Å². The maximum Gasteiger partial charge on any atom is 0.0890 e. The minimum absolute atomic E-state index is 0.125. The van der Waals surface area contributed by atoms with E-state index in [-0.39, 0.29) is 12.1 Å². The highest BCUT2D eigenvalue weighted by Gasteiger charge is 2.32. The minimum Gasteiger partial charge on any atom is -0.322 e. The normalized spacial score (nSPS) is 22.4. The van der Waals surface area contributed by atoms with Crippen molar-refractivity contribution in [3.63, 3.8) is 0 Å². The van der Waals surface area contributed by atoms with Gasteiger partial charge in [0.05, 0.1) is 29.0 Å². The van der Waals surface area contributed by atoms with Crippen LogP contribution in [0.1, 0.15) is 36.2 Å². The van der Waals surface area contributed by atoms with Crippen LogP contribution in [-0.4, -0.2) is 16.5 Å². The zero-order valence-electron chi connectivity index (χ0n) is 13.6. The molecule has 3 unspecified atom stereocenters. The Morgan fingerprint density at radius 2 is 1.75 bits per heavy atom. The van der Waals surface area contributed by atoms with Crippen molar-refractivity contribution in [2.45, 2.75) is 24.9 Å². The van der Waals surface area contributed by atoms with E-state index in [1.165, 1.54) is 5.56 Å². The molecule has 2 heterocycles. The van der Waals surface area contributed by atoms with E-state index < -0.39 is 0 Å².